The zero-order valence-electron chi connectivity index (χ0n) is 34.6. The minimum atomic E-state index is -1.39. The van der Waals surface area contributed by atoms with E-state index in [2.05, 4.69) is 24.8 Å². The molecule has 7 aromatic rings. The predicted molar refractivity (Wildman–Crippen MR) is 240 cm³/mol. The first-order valence-corrected chi connectivity index (χ1v) is 21.8. The van der Waals surface area contributed by atoms with E-state index in [4.69, 9.17) is 30.8 Å². The van der Waals surface area contributed by atoms with Crippen molar-refractivity contribution in [3.05, 3.63) is 136 Å². The van der Waals surface area contributed by atoms with Gasteiger partial charge in [0.15, 0.2) is 5.82 Å². The molecule has 1 fully saturated rings. The van der Waals surface area contributed by atoms with Crippen molar-refractivity contribution in [3.63, 3.8) is 0 Å². The zero-order valence-corrected chi connectivity index (χ0v) is 36.2. The van der Waals surface area contributed by atoms with Crippen molar-refractivity contribution >= 4 is 39.1 Å². The number of thiophene rings is 1. The molecule has 3 aliphatic rings. The highest BCUT2D eigenvalue weighted by molar-refractivity contribution is 7.22. The van der Waals surface area contributed by atoms with Gasteiger partial charge in [0.1, 0.15) is 35.1 Å². The average molecular weight is 887 g/mol. The molecule has 3 aliphatic heterocycles. The van der Waals surface area contributed by atoms with Crippen LogP contribution in [0.5, 0.6) is 17.4 Å². The number of hydrogen-bond donors (Lipinski definition) is 2. The van der Waals surface area contributed by atoms with Crippen LogP contribution in [-0.2, 0) is 30.9 Å². The molecule has 63 heavy (non-hydrogen) atoms. The number of methoxy groups -OCH3 is 1. The number of ether oxygens (including phenoxy) is 3. The van der Waals surface area contributed by atoms with Crippen LogP contribution in [0.2, 0.25) is 5.02 Å². The van der Waals surface area contributed by atoms with Gasteiger partial charge in [-0.15, -0.1) is 11.3 Å². The highest BCUT2D eigenvalue weighted by Gasteiger charge is 2.29. The van der Waals surface area contributed by atoms with E-state index in [1.165, 1.54) is 29.8 Å². The number of fused-ring (bicyclic) bond motifs is 6. The van der Waals surface area contributed by atoms with Gasteiger partial charge in [0.05, 0.1) is 29.9 Å². The lowest BCUT2D eigenvalue weighted by atomic mass is 9.94. The fourth-order valence-electron chi connectivity index (χ4n) is 8.34. The third kappa shape index (κ3) is 9.08. The van der Waals surface area contributed by atoms with Crippen molar-refractivity contribution < 1.29 is 33.6 Å². The summed E-state index contributed by atoms with van der Waals surface area (Å²) in [6, 6.07) is 25.4. The van der Waals surface area contributed by atoms with Crippen molar-refractivity contribution in [1.29, 1.82) is 0 Å². The summed E-state index contributed by atoms with van der Waals surface area (Å²) in [4.78, 5) is 37.6. The summed E-state index contributed by atoms with van der Waals surface area (Å²) < 4.78 is 32.7. The second-order valence-electron chi connectivity index (χ2n) is 15.8. The number of carbonyl (C=O) groups is 1. The number of hydrogen-bond acceptors (Lipinski definition) is 12. The molecule has 0 radical (unpaired) electrons. The molecule has 10 rings (SSSR count). The van der Waals surface area contributed by atoms with E-state index in [9.17, 15) is 19.4 Å². The number of rotatable bonds is 10. The number of aliphatic hydroxyl groups excluding tert-OH is 1. The molecule has 6 heterocycles. The average Bonchev–Trinajstić information content (AvgIpc) is 3.90. The Hall–Kier alpha value is -6.03. The van der Waals surface area contributed by atoms with E-state index < -0.39 is 12.1 Å². The number of aromatic nitrogens is 4. The smallest absolute Gasteiger partial charge is 0.345 e. The summed E-state index contributed by atoms with van der Waals surface area (Å²) in [5.74, 6) is 0.137. The third-order valence-corrected chi connectivity index (χ3v) is 13.2. The second-order valence-corrected chi connectivity index (χ2v) is 17.2. The quantitative estimate of drug-likeness (QED) is 0.136. The normalized spacial score (nSPS) is 16.9. The van der Waals surface area contributed by atoms with Crippen LogP contribution in [-0.4, -0.2) is 91.4 Å². The van der Waals surface area contributed by atoms with Crippen molar-refractivity contribution in [1.82, 2.24) is 29.7 Å². The molecule has 0 spiro atoms. The summed E-state index contributed by atoms with van der Waals surface area (Å²) in [5.41, 5.74) is 6.93. The summed E-state index contributed by atoms with van der Waals surface area (Å²) in [7, 11) is 1.60. The Morgan fingerprint density at radius 1 is 0.952 bits per heavy atom. The SMILES string of the molecule is COc1ccccc1-c1nccc(COc2ccc3cc2C[C@H](C(=O)O)Oc2ncnc4sc(-c5ccc(F)cc5)c(c24)-c2ccc(c(Cl)c2C)CN(CCN2CCC(O)C2)C3)n1. The monoisotopic (exact) mass is 886 g/mol. The van der Waals surface area contributed by atoms with Crippen LogP contribution in [0.25, 0.3) is 43.2 Å². The molecule has 322 valence electrons. The number of carboxylic acid groups (broad SMARTS) is 1. The third-order valence-electron chi connectivity index (χ3n) is 11.6. The maximum atomic E-state index is 14.2. The van der Waals surface area contributed by atoms with Crippen LogP contribution in [0.15, 0.2) is 97.5 Å². The van der Waals surface area contributed by atoms with Crippen LogP contribution < -0.4 is 14.2 Å². The number of aliphatic hydroxyl groups is 1. The molecule has 1 unspecified atom stereocenters. The molecule has 4 aromatic carbocycles. The molecule has 2 atom stereocenters. The summed E-state index contributed by atoms with van der Waals surface area (Å²) in [6.07, 6.45) is 1.98. The molecule has 2 N–H and O–H groups in total. The van der Waals surface area contributed by atoms with Crippen LogP contribution in [0, 0.1) is 12.7 Å². The lowest BCUT2D eigenvalue weighted by Gasteiger charge is -2.27. The molecule has 3 aromatic heterocycles. The number of carboxylic acids is 1. The van der Waals surface area contributed by atoms with Crippen LogP contribution in [0.1, 0.15) is 34.4 Å². The van der Waals surface area contributed by atoms with E-state index >= 15 is 0 Å². The number of halogens is 2. The van der Waals surface area contributed by atoms with Gasteiger partial charge in [0.2, 0.25) is 12.0 Å². The van der Waals surface area contributed by atoms with Gasteiger partial charge in [-0.25, -0.2) is 29.1 Å². The Labute approximate surface area is 372 Å². The van der Waals surface area contributed by atoms with E-state index in [-0.39, 0.29) is 30.8 Å². The molecule has 4 bridgehead atoms. The number of likely N-dealkylation sites (tertiary alicyclic amines) is 1. The number of para-hydroxylation sites is 1. The van der Waals surface area contributed by atoms with Gasteiger partial charge >= 0.3 is 5.97 Å². The van der Waals surface area contributed by atoms with Gasteiger partial charge in [0, 0.05) is 67.3 Å². The Morgan fingerprint density at radius 2 is 1.78 bits per heavy atom. The van der Waals surface area contributed by atoms with Crippen molar-refractivity contribution in [3.8, 4) is 50.3 Å². The summed E-state index contributed by atoms with van der Waals surface area (Å²) in [5, 5.41) is 22.2. The Morgan fingerprint density at radius 3 is 2.57 bits per heavy atom. The van der Waals surface area contributed by atoms with E-state index in [0.29, 0.717) is 75.6 Å². The predicted octanol–water partition coefficient (Wildman–Crippen LogP) is 8.63. The van der Waals surface area contributed by atoms with Crippen molar-refractivity contribution in [2.45, 2.75) is 51.7 Å². The van der Waals surface area contributed by atoms with Gasteiger partial charge < -0.3 is 24.4 Å². The first-order chi connectivity index (χ1) is 30.6. The van der Waals surface area contributed by atoms with Crippen molar-refractivity contribution in [2.75, 3.05) is 33.3 Å². The highest BCUT2D eigenvalue weighted by atomic mass is 35.5. The number of benzene rings is 4. The lowest BCUT2D eigenvalue weighted by Crippen LogP contribution is -2.34. The minimum Gasteiger partial charge on any atom is -0.496 e. The van der Waals surface area contributed by atoms with Gasteiger partial charge in [-0.3, -0.25) is 9.80 Å². The molecular formula is C48H44ClFN6O6S. The summed E-state index contributed by atoms with van der Waals surface area (Å²) >= 11 is 8.72. The van der Waals surface area contributed by atoms with Gasteiger partial charge in [-0.1, -0.05) is 60.1 Å². The van der Waals surface area contributed by atoms with Crippen molar-refractivity contribution in [2.24, 2.45) is 0 Å². The largest absolute Gasteiger partial charge is 0.496 e. The number of β-amino-alcohol motifs (C(OH)–C–C–N with tert-alkyl or cyclic N) is 1. The van der Waals surface area contributed by atoms with Crippen LogP contribution in [0.3, 0.4) is 0 Å². The maximum Gasteiger partial charge on any atom is 0.345 e. The zero-order chi connectivity index (χ0) is 43.6. The van der Waals surface area contributed by atoms with E-state index in [0.717, 1.165) is 57.8 Å². The molecule has 0 amide bonds. The Balaban J connectivity index is 1.14. The molecule has 12 nitrogen and oxygen atoms in total. The lowest BCUT2D eigenvalue weighted by molar-refractivity contribution is -0.145. The topological polar surface area (TPSA) is 143 Å². The highest BCUT2D eigenvalue weighted by Crippen LogP contribution is 2.49. The minimum absolute atomic E-state index is 0.0607. The molecule has 0 aliphatic carbocycles. The van der Waals surface area contributed by atoms with E-state index in [1.54, 1.807) is 31.5 Å². The molecule has 0 saturated carbocycles. The summed E-state index contributed by atoms with van der Waals surface area (Å²) in [6.45, 7) is 5.96. The van der Waals surface area contributed by atoms with Gasteiger partial charge in [-0.2, -0.15) is 0 Å². The number of nitrogens with zero attached hydrogens (tertiary/aromatic N) is 6. The Bertz CT molecular complexity index is 2810. The van der Waals surface area contributed by atoms with Gasteiger partial charge in [-0.05, 0) is 83.1 Å². The van der Waals surface area contributed by atoms with Gasteiger partial charge in [0.25, 0.3) is 0 Å². The fourth-order valence-corrected chi connectivity index (χ4v) is 9.71. The molecule has 1 saturated heterocycles. The maximum absolute atomic E-state index is 14.2. The number of aliphatic carboxylic acids is 1. The van der Waals surface area contributed by atoms with Crippen LogP contribution >= 0.6 is 22.9 Å². The first-order valence-electron chi connectivity index (χ1n) is 20.7. The second kappa shape index (κ2) is 18.4. The standard InChI is InChI=1S/C48H44ClFN6O6S/c1-28-36-13-10-31(43(28)49)24-56(20-19-55-18-16-35(57)25-55)23-29-7-14-38(61-26-34-15-17-51-45(54-34)37-5-3-4-6-39(37)60-2)32(21-29)22-40(48(58)59)62-46-42-41(36)44(63-47(42)53-27-52-46)30-8-11-33(50)12-9-30/h3-15,17,21,27,35,40,57H,16,18-20,22-26H2,1-2H3,(H,58,59)/t35?,40-/m1/s1. The molecule has 15 heteroatoms. The first kappa shape index (κ1) is 42.3. The molecular weight excluding hydrogens is 843 g/mol. The van der Waals surface area contributed by atoms with Crippen LogP contribution in [0.4, 0.5) is 4.39 Å². The fraction of sp³-hybridized carbons (Fsp3) is 0.271. The van der Waals surface area contributed by atoms with E-state index in [1.807, 2.05) is 61.5 Å². The Kier molecular flexibility index (Phi) is 12.3.